The van der Waals surface area contributed by atoms with E-state index in [1.807, 2.05) is 51.0 Å². The fourth-order valence-corrected chi connectivity index (χ4v) is 4.69. The zero-order chi connectivity index (χ0) is 22.8. The highest BCUT2D eigenvalue weighted by Gasteiger charge is 2.36. The molecule has 0 saturated heterocycles. The van der Waals surface area contributed by atoms with Crippen LogP contribution in [0.25, 0.3) is 0 Å². The molecular weight excluding hydrogens is 415 g/mol. The first-order chi connectivity index (χ1) is 14.6. The number of hydrogen-bond acceptors (Lipinski definition) is 4. The van der Waals surface area contributed by atoms with E-state index in [9.17, 15) is 14.0 Å². The molecule has 1 aliphatic rings. The van der Waals surface area contributed by atoms with Crippen LogP contribution in [0.4, 0.5) is 4.39 Å². The highest BCUT2D eigenvalue weighted by atomic mass is 32.1. The van der Waals surface area contributed by atoms with Gasteiger partial charge in [-0.2, -0.15) is 0 Å². The van der Waals surface area contributed by atoms with Gasteiger partial charge in [0.1, 0.15) is 24.7 Å². The number of rotatable bonds is 6. The van der Waals surface area contributed by atoms with Gasteiger partial charge < -0.3 is 14.5 Å². The largest absolute Gasteiger partial charge is 0.491 e. The van der Waals surface area contributed by atoms with Gasteiger partial charge >= 0.3 is 0 Å². The third-order valence-corrected chi connectivity index (χ3v) is 6.50. The summed E-state index contributed by atoms with van der Waals surface area (Å²) in [5.74, 6) is -0.0716. The smallest absolute Gasteiger partial charge is 0.242 e. The predicted octanol–water partition coefficient (Wildman–Crippen LogP) is 4.68. The van der Waals surface area contributed by atoms with Crippen molar-refractivity contribution in [1.29, 1.82) is 0 Å². The standard InChI is InChI=1S/C24H31FN2O3S/c1-16(2)23(29)27(24(3,4)5)14-22(28)26-12-10-21-19(11-13-31-21)20(26)15-30-18-8-6-17(25)7-9-18/h6-9,11,13,16,20H,10,12,14-15H2,1-5H3/t20-/m0/s1. The molecule has 0 unspecified atom stereocenters. The summed E-state index contributed by atoms with van der Waals surface area (Å²) in [7, 11) is 0. The minimum absolute atomic E-state index is 0.0341. The first kappa shape index (κ1) is 23.3. The number of benzene rings is 1. The monoisotopic (exact) mass is 446 g/mol. The van der Waals surface area contributed by atoms with E-state index in [4.69, 9.17) is 4.74 Å². The first-order valence-electron chi connectivity index (χ1n) is 10.6. The van der Waals surface area contributed by atoms with Crippen LogP contribution in [0.5, 0.6) is 5.75 Å². The van der Waals surface area contributed by atoms with Gasteiger partial charge in [-0.15, -0.1) is 11.3 Å². The van der Waals surface area contributed by atoms with Crippen LogP contribution in [0.1, 0.15) is 51.1 Å². The summed E-state index contributed by atoms with van der Waals surface area (Å²) in [5.41, 5.74) is 0.629. The Kier molecular flexibility index (Phi) is 7.04. The molecule has 0 radical (unpaired) electrons. The average Bonchev–Trinajstić information content (AvgIpc) is 3.18. The number of nitrogens with zero attached hydrogens (tertiary/aromatic N) is 2. The predicted molar refractivity (Wildman–Crippen MR) is 121 cm³/mol. The molecule has 3 rings (SSSR count). The van der Waals surface area contributed by atoms with Crippen molar-refractivity contribution in [3.63, 3.8) is 0 Å². The lowest BCUT2D eigenvalue weighted by Crippen LogP contribution is -2.54. The average molecular weight is 447 g/mol. The molecular formula is C24H31FN2O3S. The van der Waals surface area contributed by atoms with Crippen molar-refractivity contribution < 1.29 is 18.7 Å². The van der Waals surface area contributed by atoms with E-state index >= 15 is 0 Å². The topological polar surface area (TPSA) is 49.9 Å². The van der Waals surface area contributed by atoms with E-state index in [-0.39, 0.29) is 42.7 Å². The van der Waals surface area contributed by atoms with Crippen LogP contribution in [-0.4, -0.2) is 46.8 Å². The molecule has 2 aromatic rings. The highest BCUT2D eigenvalue weighted by molar-refractivity contribution is 7.10. The molecule has 2 heterocycles. The molecule has 2 amide bonds. The van der Waals surface area contributed by atoms with Gasteiger partial charge in [0.05, 0.1) is 6.04 Å². The second kappa shape index (κ2) is 9.39. The normalized spacial score (nSPS) is 16.2. The molecule has 0 bridgehead atoms. The Morgan fingerprint density at radius 1 is 1.23 bits per heavy atom. The van der Waals surface area contributed by atoms with Crippen molar-refractivity contribution in [2.45, 2.75) is 52.6 Å². The molecule has 0 spiro atoms. The molecule has 0 saturated carbocycles. The van der Waals surface area contributed by atoms with Gasteiger partial charge in [0.15, 0.2) is 0 Å². The molecule has 1 atom stereocenters. The van der Waals surface area contributed by atoms with Gasteiger partial charge in [0.25, 0.3) is 0 Å². The SMILES string of the molecule is CC(C)C(=O)N(CC(=O)N1CCc2sccc2[C@@H]1COc1ccc(F)cc1)C(C)(C)C. The van der Waals surface area contributed by atoms with Crippen LogP contribution in [0.3, 0.4) is 0 Å². The second-order valence-electron chi connectivity index (χ2n) is 9.17. The van der Waals surface area contributed by atoms with E-state index < -0.39 is 5.54 Å². The molecule has 168 valence electrons. The minimum Gasteiger partial charge on any atom is -0.491 e. The lowest BCUT2D eigenvalue weighted by Gasteiger charge is -2.40. The number of carbonyl (C=O) groups excluding carboxylic acids is 2. The van der Waals surface area contributed by atoms with E-state index in [0.29, 0.717) is 12.3 Å². The number of amides is 2. The maximum absolute atomic E-state index is 13.4. The molecule has 1 aliphatic heterocycles. The van der Waals surface area contributed by atoms with E-state index in [2.05, 4.69) is 0 Å². The molecule has 0 aliphatic carbocycles. The summed E-state index contributed by atoms with van der Waals surface area (Å²) in [6.45, 7) is 10.4. The summed E-state index contributed by atoms with van der Waals surface area (Å²) < 4.78 is 19.1. The van der Waals surface area contributed by atoms with Crippen LogP contribution in [0, 0.1) is 11.7 Å². The third-order valence-electron chi connectivity index (χ3n) is 5.50. The van der Waals surface area contributed by atoms with Gasteiger partial charge in [-0.05, 0) is 68.5 Å². The Morgan fingerprint density at radius 2 is 1.90 bits per heavy atom. The van der Waals surface area contributed by atoms with Crippen molar-refractivity contribution in [3.8, 4) is 5.75 Å². The summed E-state index contributed by atoms with van der Waals surface area (Å²) in [6.07, 6.45) is 0.791. The lowest BCUT2D eigenvalue weighted by molar-refractivity contribution is -0.148. The number of carbonyl (C=O) groups is 2. The zero-order valence-corrected chi connectivity index (χ0v) is 19.7. The Hall–Kier alpha value is -2.41. The third kappa shape index (κ3) is 5.45. The maximum atomic E-state index is 13.4. The van der Waals surface area contributed by atoms with Crippen LogP contribution in [0.15, 0.2) is 35.7 Å². The van der Waals surface area contributed by atoms with Crippen molar-refractivity contribution in [1.82, 2.24) is 9.80 Å². The zero-order valence-electron chi connectivity index (χ0n) is 18.9. The minimum atomic E-state index is -0.458. The van der Waals surface area contributed by atoms with Gasteiger partial charge in [0.2, 0.25) is 11.8 Å². The summed E-state index contributed by atoms with van der Waals surface area (Å²) in [4.78, 5) is 30.9. The molecule has 0 N–H and O–H groups in total. The van der Waals surface area contributed by atoms with Crippen LogP contribution < -0.4 is 4.74 Å². The van der Waals surface area contributed by atoms with Crippen LogP contribution >= 0.6 is 11.3 Å². The lowest BCUT2D eigenvalue weighted by atomic mass is 9.99. The quantitative estimate of drug-likeness (QED) is 0.648. The van der Waals surface area contributed by atoms with Crippen LogP contribution in [0.2, 0.25) is 0 Å². The number of fused-ring (bicyclic) bond motifs is 1. The summed E-state index contributed by atoms with van der Waals surface area (Å²) >= 11 is 1.69. The summed E-state index contributed by atoms with van der Waals surface area (Å²) in [5, 5.41) is 2.04. The Labute approximate surface area is 187 Å². The molecule has 1 aromatic heterocycles. The van der Waals surface area contributed by atoms with Gasteiger partial charge in [0, 0.05) is 22.9 Å². The Bertz CT molecular complexity index is 918. The van der Waals surface area contributed by atoms with E-state index in [1.54, 1.807) is 28.4 Å². The van der Waals surface area contributed by atoms with Crippen molar-refractivity contribution in [2.75, 3.05) is 19.7 Å². The second-order valence-corrected chi connectivity index (χ2v) is 10.2. The number of hydrogen-bond donors (Lipinski definition) is 0. The summed E-state index contributed by atoms with van der Waals surface area (Å²) in [6, 6.07) is 7.67. The van der Waals surface area contributed by atoms with Crippen molar-refractivity contribution >= 4 is 23.2 Å². The van der Waals surface area contributed by atoms with Gasteiger partial charge in [-0.25, -0.2) is 4.39 Å². The van der Waals surface area contributed by atoms with Gasteiger partial charge in [-0.3, -0.25) is 9.59 Å². The van der Waals surface area contributed by atoms with Crippen molar-refractivity contribution in [3.05, 3.63) is 52.0 Å². The number of ether oxygens (including phenoxy) is 1. The fourth-order valence-electron chi connectivity index (χ4n) is 3.76. The highest BCUT2D eigenvalue weighted by Crippen LogP contribution is 2.34. The van der Waals surface area contributed by atoms with E-state index in [1.165, 1.54) is 17.0 Å². The molecule has 31 heavy (non-hydrogen) atoms. The van der Waals surface area contributed by atoms with Crippen LogP contribution in [-0.2, 0) is 16.0 Å². The number of halogens is 1. The maximum Gasteiger partial charge on any atom is 0.242 e. The Balaban J connectivity index is 1.80. The Morgan fingerprint density at radius 3 is 2.52 bits per heavy atom. The molecule has 1 aromatic carbocycles. The van der Waals surface area contributed by atoms with Crippen molar-refractivity contribution in [2.24, 2.45) is 5.92 Å². The fraction of sp³-hybridized carbons (Fsp3) is 0.500. The van der Waals surface area contributed by atoms with E-state index in [0.717, 1.165) is 12.0 Å². The van der Waals surface area contributed by atoms with Gasteiger partial charge in [-0.1, -0.05) is 13.8 Å². The number of thiophene rings is 1. The molecule has 7 heteroatoms. The molecule has 0 fully saturated rings. The first-order valence-corrected chi connectivity index (χ1v) is 11.5. The molecule has 5 nitrogen and oxygen atoms in total.